The summed E-state index contributed by atoms with van der Waals surface area (Å²) in [7, 11) is 1.50. The first-order valence-electron chi connectivity index (χ1n) is 7.25. The van der Waals surface area contributed by atoms with Gasteiger partial charge in [0.05, 0.1) is 18.7 Å². The van der Waals surface area contributed by atoms with Crippen molar-refractivity contribution in [3.8, 4) is 5.75 Å². The smallest absolute Gasteiger partial charge is 0.339 e. The molecule has 5 heteroatoms. The van der Waals surface area contributed by atoms with Crippen LogP contribution in [0.1, 0.15) is 48.1 Å². The van der Waals surface area contributed by atoms with Crippen LogP contribution in [-0.4, -0.2) is 24.8 Å². The summed E-state index contributed by atoms with van der Waals surface area (Å²) in [4.78, 5) is 11.9. The molecule has 1 aliphatic carbocycles. The van der Waals surface area contributed by atoms with Gasteiger partial charge in [-0.25, -0.2) is 4.79 Å². The Balaban J connectivity index is 2.59. The zero-order valence-corrected chi connectivity index (χ0v) is 13.4. The summed E-state index contributed by atoms with van der Waals surface area (Å²) in [5.74, 6) is -0.291. The van der Waals surface area contributed by atoms with Crippen molar-refractivity contribution in [1.82, 2.24) is 0 Å². The van der Waals surface area contributed by atoms with Gasteiger partial charge in [0.25, 0.3) is 0 Å². The molecule has 0 radical (unpaired) electrons. The Morgan fingerprint density at radius 2 is 1.95 bits per heavy atom. The minimum Gasteiger partial charge on any atom is -0.495 e. The van der Waals surface area contributed by atoms with Gasteiger partial charge in [-0.3, -0.25) is 0 Å². The second-order valence-electron chi connectivity index (χ2n) is 5.20. The number of aliphatic hydroxyl groups is 1. The molecule has 0 saturated carbocycles. The molecule has 0 fully saturated rings. The highest BCUT2D eigenvalue weighted by Crippen LogP contribution is 2.43. The highest BCUT2D eigenvalue weighted by atomic mass is 35.5. The molecule has 4 nitrogen and oxygen atoms in total. The molecule has 2 rings (SSSR count). The topological polar surface area (TPSA) is 55.8 Å². The summed E-state index contributed by atoms with van der Waals surface area (Å²) in [6.45, 7) is 3.82. The van der Waals surface area contributed by atoms with Crippen LogP contribution < -0.4 is 4.74 Å². The number of fused-ring (bicyclic) bond motifs is 1. The molecule has 0 aromatic heterocycles. The molecule has 1 unspecified atom stereocenters. The van der Waals surface area contributed by atoms with Crippen molar-refractivity contribution in [2.45, 2.75) is 45.6 Å². The lowest BCUT2D eigenvalue weighted by Gasteiger charge is -2.26. The van der Waals surface area contributed by atoms with Crippen LogP contribution in [0, 0.1) is 6.92 Å². The molecule has 0 bridgehead atoms. The third-order valence-electron chi connectivity index (χ3n) is 4.02. The molecule has 116 valence electrons. The molecule has 0 heterocycles. The zero-order valence-electron chi connectivity index (χ0n) is 12.7. The predicted octanol–water partition coefficient (Wildman–Crippen LogP) is 3.13. The van der Waals surface area contributed by atoms with Crippen LogP contribution in [0.3, 0.4) is 0 Å². The third-order valence-corrected chi connectivity index (χ3v) is 4.42. The lowest BCUT2D eigenvalue weighted by molar-refractivity contribution is -0.153. The van der Waals surface area contributed by atoms with Gasteiger partial charge in [0, 0.05) is 5.56 Å². The molecule has 1 aromatic carbocycles. The lowest BCUT2D eigenvalue weighted by atomic mass is 9.84. The van der Waals surface area contributed by atoms with E-state index in [-0.39, 0.29) is 6.61 Å². The number of carbonyl (C=O) groups excluding carboxylic acids is 1. The first kappa shape index (κ1) is 16.1. The number of halogens is 1. The van der Waals surface area contributed by atoms with Gasteiger partial charge in [0.15, 0.2) is 6.10 Å². The zero-order chi connectivity index (χ0) is 15.6. The van der Waals surface area contributed by atoms with Gasteiger partial charge in [-0.05, 0) is 56.2 Å². The fraction of sp³-hybridized carbons (Fsp3) is 0.562. The number of ether oxygens (including phenoxy) is 2. The first-order valence-corrected chi connectivity index (χ1v) is 7.63. The number of hydrogen-bond donors (Lipinski definition) is 1. The van der Waals surface area contributed by atoms with Crippen molar-refractivity contribution in [2.24, 2.45) is 0 Å². The van der Waals surface area contributed by atoms with E-state index in [1.807, 2.05) is 6.92 Å². The molecule has 0 saturated heterocycles. The maximum absolute atomic E-state index is 11.9. The van der Waals surface area contributed by atoms with E-state index in [9.17, 15) is 9.90 Å². The number of methoxy groups -OCH3 is 1. The molecule has 1 atom stereocenters. The second-order valence-corrected chi connectivity index (χ2v) is 5.58. The van der Waals surface area contributed by atoms with Crippen LogP contribution in [0.4, 0.5) is 0 Å². The number of hydrogen-bond acceptors (Lipinski definition) is 4. The van der Waals surface area contributed by atoms with Gasteiger partial charge in [-0.2, -0.15) is 0 Å². The number of aliphatic hydroxyl groups excluding tert-OH is 1. The van der Waals surface area contributed by atoms with E-state index in [2.05, 4.69) is 0 Å². The molecular weight excluding hydrogens is 292 g/mol. The molecule has 1 N–H and O–H groups in total. The minimum absolute atomic E-state index is 0.218. The van der Waals surface area contributed by atoms with E-state index in [0.29, 0.717) is 16.3 Å². The monoisotopic (exact) mass is 312 g/mol. The van der Waals surface area contributed by atoms with Crippen LogP contribution in [0.15, 0.2) is 0 Å². The number of esters is 1. The van der Waals surface area contributed by atoms with Crippen LogP contribution >= 0.6 is 11.6 Å². The molecule has 0 aliphatic heterocycles. The highest BCUT2D eigenvalue weighted by Gasteiger charge is 2.30. The highest BCUT2D eigenvalue weighted by molar-refractivity contribution is 6.33. The molecule has 1 aromatic rings. The van der Waals surface area contributed by atoms with Gasteiger partial charge >= 0.3 is 5.97 Å². The molecule has 0 amide bonds. The van der Waals surface area contributed by atoms with Crippen LogP contribution in [-0.2, 0) is 22.4 Å². The van der Waals surface area contributed by atoms with Crippen molar-refractivity contribution < 1.29 is 19.4 Å². The first-order chi connectivity index (χ1) is 10.0. The lowest BCUT2D eigenvalue weighted by Crippen LogP contribution is -2.19. The standard InChI is InChI=1S/C16H21ClO4/c1-4-21-16(19)14(18)12-9(2)10-7-5-6-8-11(10)13(17)15(12)20-3/h14,18H,4-8H2,1-3H3. The van der Waals surface area contributed by atoms with Gasteiger partial charge in [0.1, 0.15) is 5.75 Å². The van der Waals surface area contributed by atoms with Crippen LogP contribution in [0.25, 0.3) is 0 Å². The molecule has 1 aliphatic rings. The van der Waals surface area contributed by atoms with E-state index in [1.165, 1.54) is 7.11 Å². The Morgan fingerprint density at radius 1 is 1.33 bits per heavy atom. The van der Waals surface area contributed by atoms with Crippen molar-refractivity contribution in [3.05, 3.63) is 27.3 Å². The van der Waals surface area contributed by atoms with Crippen molar-refractivity contribution in [1.29, 1.82) is 0 Å². The SMILES string of the molecule is CCOC(=O)C(O)c1c(C)c2c(c(Cl)c1OC)CCCC2. The van der Waals surface area contributed by atoms with Gasteiger partial charge in [0.2, 0.25) is 0 Å². The van der Waals surface area contributed by atoms with Crippen molar-refractivity contribution in [2.75, 3.05) is 13.7 Å². The maximum Gasteiger partial charge on any atom is 0.339 e. The van der Waals surface area contributed by atoms with E-state index in [1.54, 1.807) is 6.92 Å². The Kier molecular flexibility index (Phi) is 5.12. The predicted molar refractivity (Wildman–Crippen MR) is 81.0 cm³/mol. The van der Waals surface area contributed by atoms with Crippen LogP contribution in [0.2, 0.25) is 5.02 Å². The second kappa shape index (κ2) is 6.67. The quantitative estimate of drug-likeness (QED) is 0.868. The van der Waals surface area contributed by atoms with E-state index in [4.69, 9.17) is 21.1 Å². The number of carbonyl (C=O) groups is 1. The summed E-state index contributed by atoms with van der Waals surface area (Å²) in [5.41, 5.74) is 3.52. The Morgan fingerprint density at radius 3 is 2.52 bits per heavy atom. The molecular formula is C16H21ClO4. The van der Waals surface area contributed by atoms with Gasteiger partial charge in [-0.15, -0.1) is 0 Å². The Hall–Kier alpha value is -1.26. The summed E-state index contributed by atoms with van der Waals surface area (Å²) >= 11 is 6.44. The fourth-order valence-electron chi connectivity index (χ4n) is 3.02. The van der Waals surface area contributed by atoms with Crippen molar-refractivity contribution in [3.63, 3.8) is 0 Å². The summed E-state index contributed by atoms with van der Waals surface area (Å²) < 4.78 is 10.3. The van der Waals surface area contributed by atoms with Crippen molar-refractivity contribution >= 4 is 17.6 Å². The summed E-state index contributed by atoms with van der Waals surface area (Å²) in [6.07, 6.45) is 2.62. The third kappa shape index (κ3) is 2.87. The normalized spacial score (nSPS) is 15.3. The average molecular weight is 313 g/mol. The van der Waals surface area contributed by atoms with E-state index in [0.717, 1.165) is 42.4 Å². The fourth-order valence-corrected chi connectivity index (χ4v) is 3.40. The largest absolute Gasteiger partial charge is 0.495 e. The maximum atomic E-state index is 11.9. The minimum atomic E-state index is -1.37. The number of rotatable bonds is 4. The van der Waals surface area contributed by atoms with Crippen LogP contribution in [0.5, 0.6) is 5.75 Å². The Bertz CT molecular complexity index is 554. The van der Waals surface area contributed by atoms with Gasteiger partial charge < -0.3 is 14.6 Å². The Labute approximate surface area is 130 Å². The summed E-state index contributed by atoms with van der Waals surface area (Å²) in [5, 5.41) is 10.8. The van der Waals surface area contributed by atoms with E-state index < -0.39 is 12.1 Å². The summed E-state index contributed by atoms with van der Waals surface area (Å²) in [6, 6.07) is 0. The number of benzene rings is 1. The van der Waals surface area contributed by atoms with Gasteiger partial charge in [-0.1, -0.05) is 11.6 Å². The van der Waals surface area contributed by atoms with E-state index >= 15 is 0 Å². The average Bonchev–Trinajstić information content (AvgIpc) is 2.50. The molecule has 0 spiro atoms. The molecule has 21 heavy (non-hydrogen) atoms.